The van der Waals surface area contributed by atoms with Crippen LogP contribution in [0.1, 0.15) is 36.9 Å². The Balaban J connectivity index is 2.32. The number of hydrazine groups is 1. The minimum Gasteiger partial charge on any atom is -0.271 e. The second-order valence-electron chi connectivity index (χ2n) is 4.60. The first-order valence-electron chi connectivity index (χ1n) is 5.68. The Bertz CT molecular complexity index is 361. The number of aromatic nitrogens is 1. The van der Waals surface area contributed by atoms with Crippen LogP contribution in [0.2, 0.25) is 0 Å². The van der Waals surface area contributed by atoms with Gasteiger partial charge in [-0.25, -0.2) is 0 Å². The Morgan fingerprint density at radius 1 is 1.62 bits per heavy atom. The van der Waals surface area contributed by atoms with Crippen LogP contribution in [0, 0.1) is 6.92 Å². The van der Waals surface area contributed by atoms with Crippen molar-refractivity contribution in [3.8, 4) is 0 Å². The predicted octanol–water partition coefficient (Wildman–Crippen LogP) is 2.18. The van der Waals surface area contributed by atoms with Crippen molar-refractivity contribution in [1.29, 1.82) is 0 Å². The maximum absolute atomic E-state index is 5.75. The van der Waals surface area contributed by atoms with Crippen LogP contribution < -0.4 is 11.3 Å². The fraction of sp³-hybridized carbons (Fsp3) is 0.583. The third-order valence-corrected chi connectivity index (χ3v) is 5.01. The molecule has 2 atom stereocenters. The molecule has 0 spiro atoms. The zero-order valence-electron chi connectivity index (χ0n) is 9.86. The molecular formula is C12H19N3S. The van der Waals surface area contributed by atoms with E-state index in [9.17, 15) is 0 Å². The van der Waals surface area contributed by atoms with E-state index in [2.05, 4.69) is 24.3 Å². The lowest BCUT2D eigenvalue weighted by Crippen LogP contribution is -2.41. The zero-order valence-corrected chi connectivity index (χ0v) is 10.7. The molecule has 0 saturated carbocycles. The lowest BCUT2D eigenvalue weighted by molar-refractivity contribution is 0.418. The monoisotopic (exact) mass is 237 g/mol. The van der Waals surface area contributed by atoms with Gasteiger partial charge in [-0.1, -0.05) is 0 Å². The number of aryl methyl sites for hydroxylation is 1. The van der Waals surface area contributed by atoms with Crippen LogP contribution in [-0.4, -0.2) is 15.5 Å². The highest BCUT2D eigenvalue weighted by Crippen LogP contribution is 2.46. The summed E-state index contributed by atoms with van der Waals surface area (Å²) in [6, 6.07) is 2.23. The van der Waals surface area contributed by atoms with E-state index in [0.29, 0.717) is 0 Å². The molecular weight excluding hydrogens is 218 g/mol. The number of nitrogens with zero attached hydrogens (tertiary/aromatic N) is 1. The van der Waals surface area contributed by atoms with Crippen LogP contribution >= 0.6 is 11.8 Å². The van der Waals surface area contributed by atoms with Gasteiger partial charge in [0.2, 0.25) is 0 Å². The molecule has 88 valence electrons. The van der Waals surface area contributed by atoms with Crippen molar-refractivity contribution >= 4 is 11.8 Å². The van der Waals surface area contributed by atoms with Crippen LogP contribution in [-0.2, 0) is 0 Å². The van der Waals surface area contributed by atoms with E-state index < -0.39 is 0 Å². The molecule has 1 aliphatic heterocycles. The molecule has 16 heavy (non-hydrogen) atoms. The predicted molar refractivity (Wildman–Crippen MR) is 69.1 cm³/mol. The fourth-order valence-corrected chi connectivity index (χ4v) is 3.81. The number of pyridine rings is 1. The normalized spacial score (nSPS) is 26.9. The van der Waals surface area contributed by atoms with E-state index in [0.717, 1.165) is 0 Å². The van der Waals surface area contributed by atoms with Gasteiger partial charge in [0.15, 0.2) is 0 Å². The third kappa shape index (κ3) is 2.10. The molecule has 1 aliphatic rings. The Morgan fingerprint density at radius 3 is 3.00 bits per heavy atom. The van der Waals surface area contributed by atoms with Crippen molar-refractivity contribution in [3.63, 3.8) is 0 Å². The molecule has 2 unspecified atom stereocenters. The van der Waals surface area contributed by atoms with E-state index in [4.69, 9.17) is 5.84 Å². The van der Waals surface area contributed by atoms with Crippen LogP contribution in [0.3, 0.4) is 0 Å². The Morgan fingerprint density at radius 2 is 2.44 bits per heavy atom. The Hall–Kier alpha value is -0.580. The second-order valence-corrected chi connectivity index (χ2v) is 6.23. The first-order chi connectivity index (χ1) is 7.67. The number of thioether (sulfide) groups is 1. The maximum atomic E-state index is 5.75. The molecule has 4 heteroatoms. The number of nitrogens with two attached hydrogens (primary N) is 1. The van der Waals surface area contributed by atoms with Crippen molar-refractivity contribution in [3.05, 3.63) is 29.6 Å². The summed E-state index contributed by atoms with van der Waals surface area (Å²) in [6.07, 6.45) is 6.25. The zero-order chi connectivity index (χ0) is 11.6. The van der Waals surface area contributed by atoms with E-state index in [-0.39, 0.29) is 10.8 Å². The van der Waals surface area contributed by atoms with Gasteiger partial charge in [0.25, 0.3) is 0 Å². The van der Waals surface area contributed by atoms with Gasteiger partial charge in [-0.2, -0.15) is 11.8 Å². The van der Waals surface area contributed by atoms with Gasteiger partial charge >= 0.3 is 0 Å². The van der Waals surface area contributed by atoms with Crippen LogP contribution in [0.5, 0.6) is 0 Å². The summed E-state index contributed by atoms with van der Waals surface area (Å²) in [4.78, 5) is 4.21. The summed E-state index contributed by atoms with van der Waals surface area (Å²) in [7, 11) is 0. The van der Waals surface area contributed by atoms with Gasteiger partial charge in [0.1, 0.15) is 0 Å². The summed E-state index contributed by atoms with van der Waals surface area (Å²) in [5, 5.41) is 0. The topological polar surface area (TPSA) is 50.9 Å². The summed E-state index contributed by atoms with van der Waals surface area (Å²) in [6.45, 7) is 4.41. The van der Waals surface area contributed by atoms with Crippen molar-refractivity contribution < 1.29 is 0 Å². The van der Waals surface area contributed by atoms with Crippen LogP contribution in [0.4, 0.5) is 0 Å². The van der Waals surface area contributed by atoms with E-state index in [1.54, 1.807) is 0 Å². The van der Waals surface area contributed by atoms with E-state index in [1.165, 1.54) is 29.7 Å². The molecule has 2 rings (SSSR count). The molecule has 1 aromatic rings. The average Bonchev–Trinajstić information content (AvgIpc) is 2.70. The average molecular weight is 237 g/mol. The lowest BCUT2D eigenvalue weighted by atomic mass is 9.89. The van der Waals surface area contributed by atoms with Gasteiger partial charge in [-0.05, 0) is 49.6 Å². The van der Waals surface area contributed by atoms with Gasteiger partial charge in [-0.15, -0.1) is 0 Å². The minimum atomic E-state index is 0.189. The molecule has 0 bridgehead atoms. The fourth-order valence-electron chi connectivity index (χ4n) is 2.40. The van der Waals surface area contributed by atoms with Crippen molar-refractivity contribution in [2.45, 2.75) is 37.5 Å². The number of rotatable bonds is 3. The maximum Gasteiger partial charge on any atom is 0.0621 e. The highest BCUT2D eigenvalue weighted by atomic mass is 32.2. The molecule has 2 heterocycles. The molecule has 3 N–H and O–H groups in total. The van der Waals surface area contributed by atoms with Gasteiger partial charge in [0, 0.05) is 17.1 Å². The molecule has 0 aromatic carbocycles. The van der Waals surface area contributed by atoms with E-state index in [1.807, 2.05) is 30.2 Å². The van der Waals surface area contributed by atoms with Gasteiger partial charge in [0.05, 0.1) is 6.04 Å². The van der Waals surface area contributed by atoms with Crippen LogP contribution in [0.25, 0.3) is 0 Å². The minimum absolute atomic E-state index is 0.189. The molecule has 3 nitrogen and oxygen atoms in total. The molecule has 1 saturated heterocycles. The van der Waals surface area contributed by atoms with Crippen molar-refractivity contribution in [2.24, 2.45) is 5.84 Å². The second kappa shape index (κ2) is 4.73. The summed E-state index contributed by atoms with van der Waals surface area (Å²) in [5.41, 5.74) is 5.46. The van der Waals surface area contributed by atoms with Crippen molar-refractivity contribution in [1.82, 2.24) is 10.4 Å². The highest BCUT2D eigenvalue weighted by molar-refractivity contribution is 8.00. The number of nitrogens with one attached hydrogen (secondary N) is 1. The first-order valence-corrected chi connectivity index (χ1v) is 6.66. The lowest BCUT2D eigenvalue weighted by Gasteiger charge is -2.33. The largest absolute Gasteiger partial charge is 0.271 e. The molecule has 0 radical (unpaired) electrons. The molecule has 0 aliphatic carbocycles. The molecule has 1 fully saturated rings. The third-order valence-electron chi connectivity index (χ3n) is 3.42. The summed E-state index contributed by atoms with van der Waals surface area (Å²) >= 11 is 2.01. The van der Waals surface area contributed by atoms with Gasteiger partial charge < -0.3 is 0 Å². The van der Waals surface area contributed by atoms with Gasteiger partial charge in [-0.3, -0.25) is 16.3 Å². The van der Waals surface area contributed by atoms with Crippen LogP contribution in [0.15, 0.2) is 18.5 Å². The smallest absolute Gasteiger partial charge is 0.0621 e. The number of hydrogen-bond donors (Lipinski definition) is 2. The Labute approximate surface area is 101 Å². The molecule has 1 aromatic heterocycles. The highest BCUT2D eigenvalue weighted by Gasteiger charge is 2.38. The Kier molecular flexibility index (Phi) is 3.52. The summed E-state index contributed by atoms with van der Waals surface area (Å²) in [5.74, 6) is 6.98. The van der Waals surface area contributed by atoms with Crippen molar-refractivity contribution in [2.75, 3.05) is 5.75 Å². The van der Waals surface area contributed by atoms with E-state index >= 15 is 0 Å². The number of hydrogen-bond acceptors (Lipinski definition) is 4. The molecule has 0 amide bonds. The quantitative estimate of drug-likeness (QED) is 0.625. The first kappa shape index (κ1) is 11.9. The SMILES string of the molecule is Cc1ccncc1C(NN)C1(C)CCCS1. The standard InChI is InChI=1S/C12H19N3S/c1-9-4-6-14-8-10(9)11(15-13)12(2)5-3-7-16-12/h4,6,8,11,15H,3,5,7,13H2,1-2H3. The summed E-state index contributed by atoms with van der Waals surface area (Å²) < 4.78 is 0.197.